The summed E-state index contributed by atoms with van der Waals surface area (Å²) in [5.74, 6) is 0.975. The Kier molecular flexibility index (Phi) is 2.70. The van der Waals surface area contributed by atoms with Crippen molar-refractivity contribution >= 4 is 11.3 Å². The van der Waals surface area contributed by atoms with Crippen molar-refractivity contribution in [2.75, 3.05) is 6.54 Å². The maximum absolute atomic E-state index is 3.60. The lowest BCUT2D eigenvalue weighted by atomic mass is 10.2. The first kappa shape index (κ1) is 9.22. The van der Waals surface area contributed by atoms with Crippen LogP contribution in [0.25, 0.3) is 0 Å². The third kappa shape index (κ3) is 2.32. The fourth-order valence-electron chi connectivity index (χ4n) is 1.59. The van der Waals surface area contributed by atoms with Gasteiger partial charge in [-0.05, 0) is 56.2 Å². The predicted octanol–water partition coefficient (Wildman–Crippen LogP) is 3.12. The standard InChI is InChI=1S/C11H17NS/c1-8-5-6-13-11(8)9(2)12-7-10-3-4-10/h5-6,9-10,12H,3-4,7H2,1-2H3. The van der Waals surface area contributed by atoms with Crippen LogP contribution in [0.1, 0.15) is 36.2 Å². The number of rotatable bonds is 4. The van der Waals surface area contributed by atoms with Crippen LogP contribution in [0.3, 0.4) is 0 Å². The molecular formula is C11H17NS. The molecule has 1 aliphatic carbocycles. The van der Waals surface area contributed by atoms with Crippen molar-refractivity contribution in [3.05, 3.63) is 21.9 Å². The van der Waals surface area contributed by atoms with Crippen molar-refractivity contribution in [3.63, 3.8) is 0 Å². The summed E-state index contributed by atoms with van der Waals surface area (Å²) in [5, 5.41) is 5.78. The van der Waals surface area contributed by atoms with E-state index in [0.29, 0.717) is 6.04 Å². The zero-order valence-electron chi connectivity index (χ0n) is 8.34. The van der Waals surface area contributed by atoms with E-state index in [1.54, 1.807) is 0 Å². The van der Waals surface area contributed by atoms with E-state index in [-0.39, 0.29) is 0 Å². The largest absolute Gasteiger partial charge is 0.309 e. The van der Waals surface area contributed by atoms with E-state index in [1.165, 1.54) is 29.8 Å². The van der Waals surface area contributed by atoms with Gasteiger partial charge in [-0.15, -0.1) is 11.3 Å². The van der Waals surface area contributed by atoms with Crippen molar-refractivity contribution in [2.45, 2.75) is 32.7 Å². The lowest BCUT2D eigenvalue weighted by molar-refractivity contribution is 0.554. The fraction of sp³-hybridized carbons (Fsp3) is 0.636. The number of aryl methyl sites for hydroxylation is 1. The highest BCUT2D eigenvalue weighted by atomic mass is 32.1. The summed E-state index contributed by atoms with van der Waals surface area (Å²) in [6.45, 7) is 5.67. The third-order valence-corrected chi connectivity index (χ3v) is 3.91. The molecule has 1 aromatic rings. The molecule has 1 fully saturated rings. The Hall–Kier alpha value is -0.340. The topological polar surface area (TPSA) is 12.0 Å². The maximum Gasteiger partial charge on any atom is 0.0388 e. The van der Waals surface area contributed by atoms with Gasteiger partial charge in [-0.25, -0.2) is 0 Å². The molecule has 1 nitrogen and oxygen atoms in total. The number of nitrogens with one attached hydrogen (secondary N) is 1. The average Bonchev–Trinajstić information content (AvgIpc) is 2.84. The van der Waals surface area contributed by atoms with Gasteiger partial charge >= 0.3 is 0 Å². The minimum atomic E-state index is 0.542. The first-order valence-electron chi connectivity index (χ1n) is 5.04. The highest BCUT2D eigenvalue weighted by Crippen LogP contribution is 2.29. The van der Waals surface area contributed by atoms with Crippen LogP contribution in [0.5, 0.6) is 0 Å². The molecule has 1 N–H and O–H groups in total. The maximum atomic E-state index is 3.60. The Balaban J connectivity index is 1.88. The molecule has 0 aromatic carbocycles. The van der Waals surface area contributed by atoms with Crippen molar-refractivity contribution in [1.29, 1.82) is 0 Å². The van der Waals surface area contributed by atoms with Gasteiger partial charge in [0.15, 0.2) is 0 Å². The van der Waals surface area contributed by atoms with Crippen LogP contribution >= 0.6 is 11.3 Å². The Bertz CT molecular complexity index is 275. The van der Waals surface area contributed by atoms with Gasteiger partial charge in [0.1, 0.15) is 0 Å². The Morgan fingerprint density at radius 2 is 2.38 bits per heavy atom. The van der Waals surface area contributed by atoms with Crippen LogP contribution in [-0.4, -0.2) is 6.54 Å². The van der Waals surface area contributed by atoms with Crippen LogP contribution < -0.4 is 5.32 Å². The molecule has 0 aliphatic heterocycles. The molecule has 2 rings (SSSR count). The van der Waals surface area contributed by atoms with Gasteiger partial charge in [0.2, 0.25) is 0 Å². The van der Waals surface area contributed by atoms with E-state index in [1.807, 2.05) is 11.3 Å². The van der Waals surface area contributed by atoms with Gasteiger partial charge in [-0.2, -0.15) is 0 Å². The van der Waals surface area contributed by atoms with Crippen molar-refractivity contribution in [1.82, 2.24) is 5.32 Å². The Morgan fingerprint density at radius 3 is 2.92 bits per heavy atom. The summed E-state index contributed by atoms with van der Waals surface area (Å²) < 4.78 is 0. The molecule has 1 atom stereocenters. The predicted molar refractivity (Wildman–Crippen MR) is 58.2 cm³/mol. The zero-order valence-corrected chi connectivity index (χ0v) is 9.16. The normalized spacial score (nSPS) is 18.9. The minimum Gasteiger partial charge on any atom is -0.309 e. The van der Waals surface area contributed by atoms with E-state index >= 15 is 0 Å². The Labute approximate surface area is 84.2 Å². The van der Waals surface area contributed by atoms with Crippen LogP contribution in [-0.2, 0) is 0 Å². The van der Waals surface area contributed by atoms with Crippen molar-refractivity contribution < 1.29 is 0 Å². The Morgan fingerprint density at radius 1 is 1.62 bits per heavy atom. The first-order chi connectivity index (χ1) is 6.27. The summed E-state index contributed by atoms with van der Waals surface area (Å²) in [6.07, 6.45) is 2.87. The molecule has 13 heavy (non-hydrogen) atoms. The second-order valence-electron chi connectivity index (χ2n) is 4.04. The summed E-state index contributed by atoms with van der Waals surface area (Å²) in [4.78, 5) is 1.50. The van der Waals surface area contributed by atoms with Gasteiger partial charge in [0.25, 0.3) is 0 Å². The highest BCUT2D eigenvalue weighted by Gasteiger charge is 2.21. The summed E-state index contributed by atoms with van der Waals surface area (Å²) in [7, 11) is 0. The molecule has 0 amide bonds. The molecule has 1 heterocycles. The molecule has 0 bridgehead atoms. The van der Waals surface area contributed by atoms with Crippen LogP contribution in [0.15, 0.2) is 11.4 Å². The van der Waals surface area contributed by atoms with E-state index in [4.69, 9.17) is 0 Å². The summed E-state index contributed by atoms with van der Waals surface area (Å²) >= 11 is 1.87. The third-order valence-electron chi connectivity index (χ3n) is 2.70. The van der Waals surface area contributed by atoms with Crippen molar-refractivity contribution in [2.24, 2.45) is 5.92 Å². The molecule has 2 heteroatoms. The minimum absolute atomic E-state index is 0.542. The van der Waals surface area contributed by atoms with Crippen LogP contribution in [0, 0.1) is 12.8 Å². The highest BCUT2D eigenvalue weighted by molar-refractivity contribution is 7.10. The van der Waals surface area contributed by atoms with Gasteiger partial charge in [0, 0.05) is 10.9 Å². The summed E-state index contributed by atoms with van der Waals surface area (Å²) in [6, 6.07) is 2.75. The monoisotopic (exact) mass is 195 g/mol. The molecular weight excluding hydrogens is 178 g/mol. The molecule has 0 saturated heterocycles. The van der Waals surface area contributed by atoms with Crippen LogP contribution in [0.2, 0.25) is 0 Å². The molecule has 0 spiro atoms. The number of hydrogen-bond acceptors (Lipinski definition) is 2. The lowest BCUT2D eigenvalue weighted by Crippen LogP contribution is -2.20. The fourth-order valence-corrected chi connectivity index (χ4v) is 2.55. The van der Waals surface area contributed by atoms with Gasteiger partial charge in [-0.3, -0.25) is 0 Å². The van der Waals surface area contributed by atoms with E-state index < -0.39 is 0 Å². The van der Waals surface area contributed by atoms with E-state index in [0.717, 1.165) is 5.92 Å². The summed E-state index contributed by atoms with van der Waals surface area (Å²) in [5.41, 5.74) is 1.43. The SMILES string of the molecule is Cc1ccsc1C(C)NCC1CC1. The number of hydrogen-bond donors (Lipinski definition) is 1. The zero-order chi connectivity index (χ0) is 9.26. The lowest BCUT2D eigenvalue weighted by Gasteiger charge is -2.12. The average molecular weight is 195 g/mol. The molecule has 0 radical (unpaired) electrons. The van der Waals surface area contributed by atoms with Crippen LogP contribution in [0.4, 0.5) is 0 Å². The second-order valence-corrected chi connectivity index (χ2v) is 4.99. The van der Waals surface area contributed by atoms with Gasteiger partial charge < -0.3 is 5.32 Å². The van der Waals surface area contributed by atoms with Gasteiger partial charge in [0.05, 0.1) is 0 Å². The van der Waals surface area contributed by atoms with E-state index in [9.17, 15) is 0 Å². The first-order valence-corrected chi connectivity index (χ1v) is 5.92. The molecule has 72 valence electrons. The smallest absolute Gasteiger partial charge is 0.0388 e. The number of thiophene rings is 1. The molecule has 1 unspecified atom stereocenters. The quantitative estimate of drug-likeness (QED) is 0.778. The van der Waals surface area contributed by atoms with Crippen molar-refractivity contribution in [3.8, 4) is 0 Å². The van der Waals surface area contributed by atoms with E-state index in [2.05, 4.69) is 30.6 Å². The van der Waals surface area contributed by atoms with Gasteiger partial charge in [-0.1, -0.05) is 0 Å². The second kappa shape index (κ2) is 3.81. The molecule has 1 aliphatic rings. The molecule has 1 saturated carbocycles. The molecule has 1 aromatic heterocycles.